The number of carbonyl (C=O) groups is 2. The number of aliphatic carboxylic acids is 1. The number of urea groups is 1. The zero-order chi connectivity index (χ0) is 13.6. The van der Waals surface area contributed by atoms with E-state index in [0.717, 1.165) is 12.8 Å². The molecule has 2 amide bonds. The first-order valence-corrected chi connectivity index (χ1v) is 6.06. The Balaban J connectivity index is 4.32. The molecule has 0 aliphatic rings. The van der Waals surface area contributed by atoms with Crippen molar-refractivity contribution in [3.05, 3.63) is 0 Å². The first-order chi connectivity index (χ1) is 7.74. The fourth-order valence-corrected chi connectivity index (χ4v) is 1.69. The van der Waals surface area contributed by atoms with Crippen LogP contribution < -0.4 is 10.6 Å². The van der Waals surface area contributed by atoms with Crippen molar-refractivity contribution in [1.82, 2.24) is 10.6 Å². The molecule has 0 saturated carbocycles. The normalized spacial score (nSPS) is 13.3. The van der Waals surface area contributed by atoms with E-state index in [4.69, 9.17) is 5.11 Å². The highest BCUT2D eigenvalue weighted by Crippen LogP contribution is 2.12. The Kier molecular flexibility index (Phi) is 5.99. The van der Waals surface area contributed by atoms with Crippen LogP contribution in [0.1, 0.15) is 47.5 Å². The van der Waals surface area contributed by atoms with Gasteiger partial charge in [0.2, 0.25) is 0 Å². The molecule has 3 N–H and O–H groups in total. The minimum Gasteiger partial charge on any atom is -0.480 e. The average molecular weight is 244 g/mol. The topological polar surface area (TPSA) is 78.4 Å². The monoisotopic (exact) mass is 244 g/mol. The Morgan fingerprint density at radius 2 is 1.71 bits per heavy atom. The van der Waals surface area contributed by atoms with Crippen molar-refractivity contribution in [3.8, 4) is 0 Å². The SMILES string of the molecule is CCC(CC)C(C)NC(=O)NC(C)(C)C(=O)O. The summed E-state index contributed by atoms with van der Waals surface area (Å²) in [6.07, 6.45) is 1.97. The second kappa shape index (κ2) is 6.47. The molecule has 0 spiro atoms. The Morgan fingerprint density at radius 1 is 1.24 bits per heavy atom. The highest BCUT2D eigenvalue weighted by atomic mass is 16.4. The molecule has 0 radical (unpaired) electrons. The van der Waals surface area contributed by atoms with E-state index in [-0.39, 0.29) is 6.04 Å². The van der Waals surface area contributed by atoms with Gasteiger partial charge in [0.1, 0.15) is 5.54 Å². The third kappa shape index (κ3) is 5.06. The molecular formula is C12H24N2O3. The van der Waals surface area contributed by atoms with E-state index in [1.165, 1.54) is 13.8 Å². The summed E-state index contributed by atoms with van der Waals surface area (Å²) in [7, 11) is 0. The maximum atomic E-state index is 11.6. The van der Waals surface area contributed by atoms with E-state index in [2.05, 4.69) is 24.5 Å². The average Bonchev–Trinajstić information content (AvgIpc) is 2.17. The standard InChI is InChI=1S/C12H24N2O3/c1-6-9(7-2)8(3)13-11(17)14-12(4,5)10(15)16/h8-9H,6-7H2,1-5H3,(H,15,16)(H2,13,14,17). The second-order valence-corrected chi connectivity index (χ2v) is 4.89. The molecule has 5 heteroatoms. The van der Waals surface area contributed by atoms with Crippen molar-refractivity contribution >= 4 is 12.0 Å². The summed E-state index contributed by atoms with van der Waals surface area (Å²) in [6.45, 7) is 9.00. The zero-order valence-corrected chi connectivity index (χ0v) is 11.3. The van der Waals surface area contributed by atoms with Crippen molar-refractivity contribution in [2.45, 2.75) is 59.0 Å². The van der Waals surface area contributed by atoms with Crippen LogP contribution in [0.15, 0.2) is 0 Å². The maximum absolute atomic E-state index is 11.6. The lowest BCUT2D eigenvalue weighted by molar-refractivity contribution is -0.142. The summed E-state index contributed by atoms with van der Waals surface area (Å²) in [4.78, 5) is 22.5. The van der Waals surface area contributed by atoms with E-state index >= 15 is 0 Å². The van der Waals surface area contributed by atoms with E-state index in [9.17, 15) is 9.59 Å². The van der Waals surface area contributed by atoms with Gasteiger partial charge in [-0.3, -0.25) is 0 Å². The van der Waals surface area contributed by atoms with Gasteiger partial charge in [0.05, 0.1) is 0 Å². The molecule has 100 valence electrons. The van der Waals surface area contributed by atoms with Crippen molar-refractivity contribution in [3.63, 3.8) is 0 Å². The number of carboxylic acids is 1. The lowest BCUT2D eigenvalue weighted by Crippen LogP contribution is -2.55. The zero-order valence-electron chi connectivity index (χ0n) is 11.3. The van der Waals surface area contributed by atoms with Crippen LogP contribution in [0.3, 0.4) is 0 Å². The number of rotatable bonds is 6. The molecule has 0 saturated heterocycles. The summed E-state index contributed by atoms with van der Waals surface area (Å²) < 4.78 is 0. The van der Waals surface area contributed by atoms with Crippen molar-refractivity contribution in [1.29, 1.82) is 0 Å². The number of carbonyl (C=O) groups excluding carboxylic acids is 1. The van der Waals surface area contributed by atoms with Gasteiger partial charge in [0.25, 0.3) is 0 Å². The Bertz CT molecular complexity index is 273. The molecule has 0 aromatic heterocycles. The molecular weight excluding hydrogens is 220 g/mol. The Labute approximate surface area is 103 Å². The van der Waals surface area contributed by atoms with Gasteiger partial charge in [0.15, 0.2) is 0 Å². The molecule has 0 rings (SSSR count). The van der Waals surface area contributed by atoms with E-state index in [0.29, 0.717) is 5.92 Å². The van der Waals surface area contributed by atoms with Gasteiger partial charge in [-0.1, -0.05) is 26.7 Å². The Hall–Kier alpha value is -1.26. The molecule has 0 bridgehead atoms. The van der Waals surface area contributed by atoms with Crippen molar-refractivity contribution in [2.24, 2.45) is 5.92 Å². The van der Waals surface area contributed by atoms with Crippen LogP contribution in [0.2, 0.25) is 0 Å². The number of nitrogens with one attached hydrogen (secondary N) is 2. The third-order valence-electron chi connectivity index (χ3n) is 3.08. The molecule has 0 aliphatic heterocycles. The lowest BCUT2D eigenvalue weighted by atomic mass is 9.96. The minimum atomic E-state index is -1.25. The van der Waals surface area contributed by atoms with Crippen LogP contribution in [0.5, 0.6) is 0 Å². The molecule has 1 atom stereocenters. The predicted molar refractivity (Wildman–Crippen MR) is 66.9 cm³/mol. The molecule has 17 heavy (non-hydrogen) atoms. The summed E-state index contributed by atoms with van der Waals surface area (Å²) in [5.74, 6) is -0.642. The van der Waals surface area contributed by atoms with Gasteiger partial charge >= 0.3 is 12.0 Å². The summed E-state index contributed by atoms with van der Waals surface area (Å²) in [5.41, 5.74) is -1.25. The van der Waals surface area contributed by atoms with Crippen LogP contribution >= 0.6 is 0 Å². The maximum Gasteiger partial charge on any atom is 0.328 e. The van der Waals surface area contributed by atoms with Gasteiger partial charge in [0, 0.05) is 6.04 Å². The summed E-state index contributed by atoms with van der Waals surface area (Å²) in [6, 6.07) is -0.397. The van der Waals surface area contributed by atoms with Crippen LogP contribution in [0, 0.1) is 5.92 Å². The highest BCUT2D eigenvalue weighted by molar-refractivity contribution is 5.85. The van der Waals surface area contributed by atoms with Gasteiger partial charge < -0.3 is 15.7 Å². The molecule has 5 nitrogen and oxygen atoms in total. The van der Waals surface area contributed by atoms with Gasteiger partial charge in [-0.25, -0.2) is 9.59 Å². The fraction of sp³-hybridized carbons (Fsp3) is 0.833. The number of carboxylic acid groups (broad SMARTS) is 1. The van der Waals surface area contributed by atoms with Crippen LogP contribution in [0.4, 0.5) is 4.79 Å². The first-order valence-electron chi connectivity index (χ1n) is 6.06. The second-order valence-electron chi connectivity index (χ2n) is 4.89. The molecule has 0 heterocycles. The number of hydrogen-bond acceptors (Lipinski definition) is 2. The molecule has 0 aliphatic carbocycles. The predicted octanol–water partition coefficient (Wildman–Crippen LogP) is 1.97. The summed E-state index contributed by atoms with van der Waals surface area (Å²) >= 11 is 0. The Morgan fingerprint density at radius 3 is 2.06 bits per heavy atom. The smallest absolute Gasteiger partial charge is 0.328 e. The van der Waals surface area contributed by atoms with Crippen LogP contribution in [-0.4, -0.2) is 28.7 Å². The van der Waals surface area contributed by atoms with E-state index in [1.54, 1.807) is 0 Å². The largest absolute Gasteiger partial charge is 0.480 e. The lowest BCUT2D eigenvalue weighted by Gasteiger charge is -2.26. The number of hydrogen-bond donors (Lipinski definition) is 3. The third-order valence-corrected chi connectivity index (χ3v) is 3.08. The number of amides is 2. The van der Waals surface area contributed by atoms with Gasteiger partial charge in [-0.05, 0) is 26.7 Å². The van der Waals surface area contributed by atoms with Crippen LogP contribution in [0.25, 0.3) is 0 Å². The minimum absolute atomic E-state index is 0.0367. The quantitative estimate of drug-likeness (QED) is 0.668. The summed E-state index contributed by atoms with van der Waals surface area (Å²) in [5, 5.41) is 14.1. The van der Waals surface area contributed by atoms with Crippen LogP contribution in [-0.2, 0) is 4.79 Å². The van der Waals surface area contributed by atoms with Crippen molar-refractivity contribution in [2.75, 3.05) is 0 Å². The molecule has 1 unspecified atom stereocenters. The first kappa shape index (κ1) is 15.7. The molecule has 0 aromatic rings. The highest BCUT2D eigenvalue weighted by Gasteiger charge is 2.29. The van der Waals surface area contributed by atoms with Gasteiger partial charge in [-0.2, -0.15) is 0 Å². The van der Waals surface area contributed by atoms with Crippen molar-refractivity contribution < 1.29 is 14.7 Å². The fourth-order valence-electron chi connectivity index (χ4n) is 1.69. The molecule has 0 aromatic carbocycles. The van der Waals surface area contributed by atoms with E-state index in [1.807, 2.05) is 6.92 Å². The van der Waals surface area contributed by atoms with Gasteiger partial charge in [-0.15, -0.1) is 0 Å². The van der Waals surface area contributed by atoms with E-state index < -0.39 is 17.5 Å². The molecule has 0 fully saturated rings.